The summed E-state index contributed by atoms with van der Waals surface area (Å²) in [7, 11) is -3.44. The minimum Gasteiger partial charge on any atom is -0.480 e. The van der Waals surface area contributed by atoms with Crippen LogP contribution in [0.2, 0.25) is 10.0 Å². The van der Waals surface area contributed by atoms with Crippen LogP contribution in [0.4, 0.5) is 0 Å². The zero-order valence-electron chi connectivity index (χ0n) is 23.5. The van der Waals surface area contributed by atoms with Gasteiger partial charge in [-0.15, -0.1) is 0 Å². The molecule has 0 bridgehead atoms. The maximum atomic E-state index is 13.4. The van der Waals surface area contributed by atoms with Crippen molar-refractivity contribution in [1.82, 2.24) is 10.2 Å². The normalized spacial score (nSPS) is 16.0. The standard InChI is InChI=1S/C33H30Cl2N2O5S/c1-43(41,42)25-7-2-4-19(14-25)15-28(33(39)40)36-31(21-9-10-21)29-27(34)17-24-18-37(13-12-26(24)30(29)35)32(38)23-11-8-20-5-3-6-22(20)16-23/h2-5,7-8,11,14,16-17,28,36H,6,9-10,12-13,15,18H2,1H3,(H,39,40). The highest BCUT2D eigenvalue weighted by Gasteiger charge is 2.31. The second kappa shape index (κ2) is 11.5. The fraction of sp³-hybridized carbons (Fsp3) is 0.273. The number of halogens is 2. The maximum absolute atomic E-state index is 13.4. The molecule has 2 N–H and O–H groups in total. The van der Waals surface area contributed by atoms with Gasteiger partial charge in [0.25, 0.3) is 5.91 Å². The van der Waals surface area contributed by atoms with Crippen molar-refractivity contribution in [3.8, 4) is 0 Å². The van der Waals surface area contributed by atoms with Crippen molar-refractivity contribution in [3.05, 3.63) is 109 Å². The van der Waals surface area contributed by atoms with Crippen molar-refractivity contribution in [1.29, 1.82) is 0 Å². The first-order chi connectivity index (χ1) is 20.5. The van der Waals surface area contributed by atoms with E-state index in [0.29, 0.717) is 51.9 Å². The molecule has 10 heteroatoms. The molecule has 1 saturated carbocycles. The molecule has 43 heavy (non-hydrogen) atoms. The van der Waals surface area contributed by atoms with Crippen LogP contribution in [0, 0.1) is 0 Å². The highest BCUT2D eigenvalue weighted by Crippen LogP contribution is 2.43. The van der Waals surface area contributed by atoms with Gasteiger partial charge in [0.1, 0.15) is 6.04 Å². The van der Waals surface area contributed by atoms with Gasteiger partial charge in [-0.3, -0.25) is 4.79 Å². The average molecular weight is 638 g/mol. The summed E-state index contributed by atoms with van der Waals surface area (Å²) in [6.07, 6.45) is 8.29. The lowest BCUT2D eigenvalue weighted by atomic mass is 9.94. The molecule has 0 aromatic heterocycles. The monoisotopic (exact) mass is 636 g/mol. The smallest absolute Gasteiger partial charge is 0.326 e. The molecule has 1 amide bonds. The number of aliphatic carboxylic acids is 1. The van der Waals surface area contributed by atoms with Crippen molar-refractivity contribution in [3.63, 3.8) is 0 Å². The van der Waals surface area contributed by atoms with E-state index in [-0.39, 0.29) is 17.2 Å². The Labute approximate surface area is 260 Å². The number of allylic oxidation sites excluding steroid dienone is 2. The predicted molar refractivity (Wildman–Crippen MR) is 168 cm³/mol. The van der Waals surface area contributed by atoms with Crippen LogP contribution < -0.4 is 5.32 Å². The van der Waals surface area contributed by atoms with E-state index in [1.807, 2.05) is 29.2 Å². The van der Waals surface area contributed by atoms with E-state index in [0.717, 1.165) is 53.3 Å². The zero-order chi connectivity index (χ0) is 30.5. The number of fused-ring (bicyclic) bond motifs is 2. The fourth-order valence-electron chi connectivity index (χ4n) is 5.80. The van der Waals surface area contributed by atoms with Gasteiger partial charge in [0.2, 0.25) is 0 Å². The topological polar surface area (TPSA) is 104 Å². The molecular formula is C33H30Cl2N2O5S. The van der Waals surface area contributed by atoms with Crippen molar-refractivity contribution in [2.24, 2.45) is 0 Å². The second-order valence-electron chi connectivity index (χ2n) is 11.3. The summed E-state index contributed by atoms with van der Waals surface area (Å²) in [6.45, 7) is 0.868. The first kappa shape index (κ1) is 29.5. The summed E-state index contributed by atoms with van der Waals surface area (Å²) in [6, 6.07) is 12.9. The fourth-order valence-corrected chi connectivity index (χ4v) is 7.28. The Hall–Kier alpha value is -3.59. The van der Waals surface area contributed by atoms with E-state index in [1.165, 1.54) is 12.1 Å². The molecule has 1 aliphatic heterocycles. The summed E-state index contributed by atoms with van der Waals surface area (Å²) in [4.78, 5) is 27.7. The Morgan fingerprint density at radius 1 is 1.05 bits per heavy atom. The number of nitrogens with zero attached hydrogens (tertiary/aromatic N) is 1. The third-order valence-electron chi connectivity index (χ3n) is 8.20. The molecule has 1 fully saturated rings. The van der Waals surface area contributed by atoms with Crippen LogP contribution in [0.15, 0.2) is 65.1 Å². The molecule has 1 atom stereocenters. The van der Waals surface area contributed by atoms with E-state index in [2.05, 4.69) is 17.5 Å². The predicted octanol–water partition coefficient (Wildman–Crippen LogP) is 5.96. The van der Waals surface area contributed by atoms with Crippen LogP contribution in [0.3, 0.4) is 0 Å². The summed E-state index contributed by atoms with van der Waals surface area (Å²) >= 11 is 13.9. The van der Waals surface area contributed by atoms with Crippen LogP contribution >= 0.6 is 23.2 Å². The van der Waals surface area contributed by atoms with Crippen LogP contribution in [0.25, 0.3) is 11.8 Å². The summed E-state index contributed by atoms with van der Waals surface area (Å²) < 4.78 is 24.1. The zero-order valence-corrected chi connectivity index (χ0v) is 25.8. The molecule has 0 radical (unpaired) electrons. The van der Waals surface area contributed by atoms with E-state index >= 15 is 0 Å². The number of rotatable bonds is 8. The van der Waals surface area contributed by atoms with Crippen LogP contribution in [0.1, 0.15) is 56.6 Å². The molecule has 7 nitrogen and oxygen atoms in total. The lowest BCUT2D eigenvalue weighted by Gasteiger charge is -2.31. The quantitative estimate of drug-likeness (QED) is 0.316. The molecule has 1 unspecified atom stereocenters. The molecule has 222 valence electrons. The molecule has 3 aliphatic rings. The Balaban J connectivity index is 1.25. The van der Waals surface area contributed by atoms with Crippen molar-refractivity contribution < 1.29 is 23.1 Å². The Kier molecular flexibility index (Phi) is 7.87. The largest absolute Gasteiger partial charge is 0.480 e. The van der Waals surface area contributed by atoms with Crippen molar-refractivity contribution in [2.45, 2.75) is 49.6 Å². The molecule has 3 aromatic rings. The number of carboxylic acid groups (broad SMARTS) is 1. The van der Waals surface area contributed by atoms with Crippen LogP contribution in [0.5, 0.6) is 0 Å². The minimum atomic E-state index is -3.44. The third-order valence-corrected chi connectivity index (χ3v) is 10.0. The number of benzene rings is 3. The Bertz CT molecular complexity index is 1840. The third kappa shape index (κ3) is 6.09. The molecule has 6 rings (SSSR count). The average Bonchev–Trinajstić information content (AvgIpc) is 3.71. The number of sulfone groups is 1. The van der Waals surface area contributed by atoms with Gasteiger partial charge in [-0.2, -0.15) is 0 Å². The minimum absolute atomic E-state index is 0.0385. The van der Waals surface area contributed by atoms with E-state index in [9.17, 15) is 23.1 Å². The van der Waals surface area contributed by atoms with Crippen LogP contribution in [-0.2, 0) is 40.4 Å². The number of carbonyl (C=O) groups excluding carboxylic acids is 1. The van der Waals surface area contributed by atoms with Crippen molar-refractivity contribution in [2.75, 3.05) is 12.8 Å². The molecule has 0 spiro atoms. The van der Waals surface area contributed by atoms with Gasteiger partial charge in [-0.1, -0.05) is 53.6 Å². The Morgan fingerprint density at radius 3 is 2.56 bits per heavy atom. The van der Waals surface area contributed by atoms with E-state index in [1.54, 1.807) is 12.1 Å². The lowest BCUT2D eigenvalue weighted by molar-refractivity contribution is -0.139. The van der Waals surface area contributed by atoms with Crippen LogP contribution in [-0.4, -0.2) is 49.1 Å². The summed E-state index contributed by atoms with van der Waals surface area (Å²) in [5, 5.41) is 14.1. The number of nitrogens with one attached hydrogen (secondary N) is 1. The molecule has 2 aliphatic carbocycles. The Morgan fingerprint density at radius 2 is 1.84 bits per heavy atom. The number of hydrogen-bond donors (Lipinski definition) is 2. The molecule has 3 aromatic carbocycles. The summed E-state index contributed by atoms with van der Waals surface area (Å²) in [5.41, 5.74) is 7.50. The van der Waals surface area contributed by atoms with Gasteiger partial charge < -0.3 is 15.3 Å². The SMILES string of the molecule is CS(=O)(=O)c1cccc(CC(NC(=C2CC2)c2c(Cl)cc3c(c2Cl)CCN(C(=O)c2ccc4c(c2)CC=C4)C3)C(=O)O)c1. The molecular weight excluding hydrogens is 607 g/mol. The van der Waals surface area contributed by atoms with E-state index in [4.69, 9.17) is 23.2 Å². The highest BCUT2D eigenvalue weighted by molar-refractivity contribution is 7.90. The van der Waals surface area contributed by atoms with Gasteiger partial charge in [0, 0.05) is 42.6 Å². The number of carboxylic acids is 1. The van der Waals surface area contributed by atoms with Gasteiger partial charge in [0.05, 0.1) is 14.9 Å². The lowest BCUT2D eigenvalue weighted by Crippen LogP contribution is -2.38. The maximum Gasteiger partial charge on any atom is 0.326 e. The first-order valence-electron chi connectivity index (χ1n) is 14.1. The first-order valence-corrected chi connectivity index (χ1v) is 16.7. The van der Waals surface area contributed by atoms with Gasteiger partial charge >= 0.3 is 5.97 Å². The molecule has 0 saturated heterocycles. The van der Waals surface area contributed by atoms with Gasteiger partial charge in [-0.05, 0) is 89.4 Å². The van der Waals surface area contributed by atoms with E-state index < -0.39 is 21.8 Å². The van der Waals surface area contributed by atoms with Gasteiger partial charge in [-0.25, -0.2) is 13.2 Å². The number of hydrogen-bond acceptors (Lipinski definition) is 5. The summed E-state index contributed by atoms with van der Waals surface area (Å²) in [5.74, 6) is -1.12. The highest BCUT2D eigenvalue weighted by atomic mass is 35.5. The van der Waals surface area contributed by atoms with Gasteiger partial charge in [0.15, 0.2) is 9.84 Å². The van der Waals surface area contributed by atoms with Crippen molar-refractivity contribution >= 4 is 56.7 Å². The second-order valence-corrected chi connectivity index (χ2v) is 14.1. The molecule has 1 heterocycles. The number of carbonyl (C=O) groups is 2. The number of amides is 1.